The molecule has 10 nitrogen and oxygen atoms in total. The number of hydrogen-bond donors (Lipinski definition) is 2. The van der Waals surface area contributed by atoms with Crippen LogP contribution in [0.25, 0.3) is 17.1 Å². The van der Waals surface area contributed by atoms with Gasteiger partial charge in [-0.25, -0.2) is 27.2 Å². The zero-order valence-corrected chi connectivity index (χ0v) is 23.9. The minimum atomic E-state index is -3.67. The number of aliphatic hydroxyl groups excluding tert-OH is 1. The van der Waals surface area contributed by atoms with Crippen LogP contribution >= 0.6 is 0 Å². The van der Waals surface area contributed by atoms with E-state index in [9.17, 15) is 17.2 Å². The normalized spacial score (nSPS) is 19.9. The van der Waals surface area contributed by atoms with Crippen LogP contribution in [0.4, 0.5) is 26.1 Å². The zero-order valence-electron chi connectivity index (χ0n) is 23.1. The Labute approximate surface area is 238 Å². The number of nitrogens with one attached hydrogen (secondary N) is 1. The smallest absolute Gasteiger partial charge is 0.251 e. The molecule has 3 aliphatic rings. The number of benzene rings is 1. The number of aliphatic hydroxyl groups is 1. The summed E-state index contributed by atoms with van der Waals surface area (Å²) in [6, 6.07) is 7.24. The average Bonchev–Trinajstić information content (AvgIpc) is 3.48. The highest BCUT2D eigenvalue weighted by Gasteiger charge is 2.44. The predicted octanol–water partition coefficient (Wildman–Crippen LogP) is 3.99. The quantitative estimate of drug-likeness (QED) is 0.407. The van der Waals surface area contributed by atoms with Gasteiger partial charge in [0.1, 0.15) is 12.1 Å². The van der Waals surface area contributed by atoms with Crippen LogP contribution in [-0.2, 0) is 10.0 Å². The Morgan fingerprint density at radius 2 is 1.68 bits per heavy atom. The molecule has 2 saturated heterocycles. The first-order chi connectivity index (χ1) is 19.5. The first kappa shape index (κ1) is 27.8. The van der Waals surface area contributed by atoms with Gasteiger partial charge in [-0.05, 0) is 56.2 Å². The highest BCUT2D eigenvalue weighted by molar-refractivity contribution is 7.92. The summed E-state index contributed by atoms with van der Waals surface area (Å²) in [4.78, 5) is 17.9. The molecule has 0 atom stereocenters. The lowest BCUT2D eigenvalue weighted by Gasteiger charge is -2.35. The average molecular weight is 588 g/mol. The van der Waals surface area contributed by atoms with Gasteiger partial charge in [0.25, 0.3) is 5.92 Å². The van der Waals surface area contributed by atoms with Gasteiger partial charge in [-0.1, -0.05) is 0 Å². The van der Waals surface area contributed by atoms with Gasteiger partial charge in [0.05, 0.1) is 23.7 Å². The number of piperidine rings is 2. The third-order valence-electron chi connectivity index (χ3n) is 8.48. The second-order valence-electron chi connectivity index (χ2n) is 11.5. The molecular formula is C28H35F2N7O3S. The van der Waals surface area contributed by atoms with Gasteiger partial charge in [0, 0.05) is 68.2 Å². The summed E-state index contributed by atoms with van der Waals surface area (Å²) in [5.41, 5.74) is 4.10. The molecule has 1 spiro atoms. The van der Waals surface area contributed by atoms with E-state index in [1.165, 1.54) is 12.8 Å². The van der Waals surface area contributed by atoms with Crippen molar-refractivity contribution in [1.82, 2.24) is 19.5 Å². The van der Waals surface area contributed by atoms with E-state index in [-0.39, 0.29) is 31.7 Å². The maximum absolute atomic E-state index is 13.7. The third kappa shape index (κ3) is 6.15. The van der Waals surface area contributed by atoms with Crippen molar-refractivity contribution in [1.29, 1.82) is 0 Å². The summed E-state index contributed by atoms with van der Waals surface area (Å²) in [5.74, 6) is -2.01. The van der Waals surface area contributed by atoms with E-state index in [1.54, 1.807) is 21.9 Å². The first-order valence-corrected chi connectivity index (χ1v) is 15.7. The molecule has 3 fully saturated rings. The SMILES string of the molecule is Cc1cc(-n2cnc(-c3ccc(NS(=O)(=O)CCO)cc3N3CCC4(CC3)CC4)c2)nc(N2CCC(F)(F)CC2)n1. The van der Waals surface area contributed by atoms with Crippen LogP contribution in [0.1, 0.15) is 44.2 Å². The fraction of sp³-hybridized carbons (Fsp3) is 0.536. The molecule has 220 valence electrons. The Bertz CT molecular complexity index is 1520. The van der Waals surface area contributed by atoms with Crippen LogP contribution in [0.2, 0.25) is 0 Å². The van der Waals surface area contributed by atoms with E-state index in [1.807, 2.05) is 31.3 Å². The van der Waals surface area contributed by atoms with Crippen molar-refractivity contribution in [3.8, 4) is 17.1 Å². The van der Waals surface area contributed by atoms with Crippen molar-refractivity contribution in [2.75, 3.05) is 53.1 Å². The van der Waals surface area contributed by atoms with Crippen LogP contribution < -0.4 is 14.5 Å². The lowest BCUT2D eigenvalue weighted by Crippen LogP contribution is -2.40. The molecule has 2 N–H and O–H groups in total. The van der Waals surface area contributed by atoms with Crippen molar-refractivity contribution in [3.63, 3.8) is 0 Å². The largest absolute Gasteiger partial charge is 0.395 e. The van der Waals surface area contributed by atoms with Crippen molar-refractivity contribution in [3.05, 3.63) is 42.5 Å². The van der Waals surface area contributed by atoms with E-state index in [0.29, 0.717) is 28.6 Å². The van der Waals surface area contributed by atoms with Crippen molar-refractivity contribution in [2.24, 2.45) is 5.41 Å². The summed E-state index contributed by atoms with van der Waals surface area (Å²) >= 11 is 0. The number of rotatable bonds is 8. The molecule has 2 aliphatic heterocycles. The van der Waals surface area contributed by atoms with Crippen LogP contribution in [0.15, 0.2) is 36.8 Å². The predicted molar refractivity (Wildman–Crippen MR) is 153 cm³/mol. The Morgan fingerprint density at radius 3 is 2.37 bits per heavy atom. The molecule has 2 aromatic heterocycles. The summed E-state index contributed by atoms with van der Waals surface area (Å²) < 4.78 is 56.5. The zero-order chi connectivity index (χ0) is 28.8. The fourth-order valence-corrected chi connectivity index (χ4v) is 6.58. The van der Waals surface area contributed by atoms with E-state index < -0.39 is 22.6 Å². The highest BCUT2D eigenvalue weighted by Crippen LogP contribution is 2.54. The highest BCUT2D eigenvalue weighted by atomic mass is 32.2. The summed E-state index contributed by atoms with van der Waals surface area (Å²) in [6.45, 7) is 3.54. The van der Waals surface area contributed by atoms with Crippen LogP contribution in [0.5, 0.6) is 0 Å². The lowest BCUT2D eigenvalue weighted by atomic mass is 9.93. The first-order valence-electron chi connectivity index (χ1n) is 14.1. The summed E-state index contributed by atoms with van der Waals surface area (Å²) in [5, 5.41) is 9.13. The van der Waals surface area contributed by atoms with Gasteiger partial charge in [-0.3, -0.25) is 9.29 Å². The van der Waals surface area contributed by atoms with Crippen molar-refractivity contribution >= 4 is 27.3 Å². The maximum Gasteiger partial charge on any atom is 0.251 e. The molecule has 41 heavy (non-hydrogen) atoms. The number of hydrogen-bond acceptors (Lipinski definition) is 8. The Hall–Kier alpha value is -3.32. The third-order valence-corrected chi connectivity index (χ3v) is 9.75. The van der Waals surface area contributed by atoms with Gasteiger partial charge in [-0.15, -0.1) is 0 Å². The second-order valence-corrected chi connectivity index (χ2v) is 13.4. The maximum atomic E-state index is 13.7. The van der Waals surface area contributed by atoms with Crippen molar-refractivity contribution in [2.45, 2.75) is 51.4 Å². The summed E-state index contributed by atoms with van der Waals surface area (Å²) in [7, 11) is -3.67. The van der Waals surface area contributed by atoms with E-state index in [0.717, 1.165) is 42.9 Å². The monoisotopic (exact) mass is 587 g/mol. The molecule has 13 heteroatoms. The summed E-state index contributed by atoms with van der Waals surface area (Å²) in [6.07, 6.45) is 7.86. The van der Waals surface area contributed by atoms with Gasteiger partial charge in [0.15, 0.2) is 0 Å². The number of alkyl halides is 2. The number of aromatic nitrogens is 4. The van der Waals surface area contributed by atoms with E-state index in [2.05, 4.69) is 24.6 Å². The van der Waals surface area contributed by atoms with Gasteiger partial charge in [0.2, 0.25) is 16.0 Å². The minimum absolute atomic E-state index is 0.194. The van der Waals surface area contributed by atoms with E-state index in [4.69, 9.17) is 5.11 Å². The van der Waals surface area contributed by atoms with Crippen LogP contribution in [0.3, 0.4) is 0 Å². The standard InChI is InChI=1S/C28H35F2N7O3S/c1-20-16-25(33-26(32-20)36-12-8-28(29,30)9-13-36)37-18-23(31-19-37)22-3-2-21(34-41(39,40)15-14-38)17-24(22)35-10-6-27(4-5-27)7-11-35/h2-3,16-19,34,38H,4-15H2,1H3. The Balaban J connectivity index is 1.30. The molecule has 0 unspecified atom stereocenters. The number of aryl methyl sites for hydroxylation is 1. The Kier molecular flexibility index (Phi) is 7.13. The van der Waals surface area contributed by atoms with Gasteiger partial charge in [-0.2, -0.15) is 4.98 Å². The van der Waals surface area contributed by atoms with Crippen molar-refractivity contribution < 1.29 is 22.3 Å². The lowest BCUT2D eigenvalue weighted by molar-refractivity contribution is -0.0222. The molecule has 4 heterocycles. The second kappa shape index (κ2) is 10.5. The molecule has 1 saturated carbocycles. The molecule has 3 aromatic rings. The minimum Gasteiger partial charge on any atom is -0.395 e. The van der Waals surface area contributed by atoms with Gasteiger partial charge < -0.3 is 14.9 Å². The van der Waals surface area contributed by atoms with Crippen LogP contribution in [0, 0.1) is 12.3 Å². The Morgan fingerprint density at radius 1 is 0.976 bits per heavy atom. The van der Waals surface area contributed by atoms with Gasteiger partial charge >= 0.3 is 0 Å². The van der Waals surface area contributed by atoms with E-state index >= 15 is 0 Å². The number of anilines is 3. The molecule has 1 aliphatic carbocycles. The fourth-order valence-electron chi connectivity index (χ4n) is 5.75. The molecule has 1 aromatic carbocycles. The number of imidazole rings is 1. The number of halogens is 2. The molecular weight excluding hydrogens is 552 g/mol. The molecule has 0 radical (unpaired) electrons. The molecule has 6 rings (SSSR count). The number of nitrogens with zero attached hydrogens (tertiary/aromatic N) is 6. The molecule has 0 amide bonds. The van der Waals surface area contributed by atoms with Crippen LogP contribution in [-0.4, -0.2) is 77.5 Å². The topological polar surface area (TPSA) is 116 Å². The number of sulfonamides is 1. The molecule has 0 bridgehead atoms.